The van der Waals surface area contributed by atoms with Gasteiger partial charge in [0.15, 0.2) is 0 Å². The Morgan fingerprint density at radius 2 is 1.56 bits per heavy atom. The van der Waals surface area contributed by atoms with Crippen LogP contribution in [0.3, 0.4) is 0 Å². The zero-order valence-electron chi connectivity index (χ0n) is 19.8. The van der Waals surface area contributed by atoms with Gasteiger partial charge in [0, 0.05) is 32.7 Å². The highest BCUT2D eigenvalue weighted by Crippen LogP contribution is 2.48. The molecule has 178 valence electrons. The fourth-order valence-electron chi connectivity index (χ4n) is 6.03. The average molecular weight is 518 g/mol. The molecule has 5 aromatic carbocycles. The number of nitriles is 3. The molecule has 3 heterocycles. The summed E-state index contributed by atoms with van der Waals surface area (Å²) in [6.07, 6.45) is 0. The van der Waals surface area contributed by atoms with Gasteiger partial charge in [0.05, 0.1) is 65.8 Å². The van der Waals surface area contributed by atoms with Crippen molar-refractivity contribution in [1.82, 2.24) is 9.38 Å². The van der Waals surface area contributed by atoms with Gasteiger partial charge >= 0.3 is 0 Å². The minimum absolute atomic E-state index is 0.183. The molecule has 8 heteroatoms. The summed E-state index contributed by atoms with van der Waals surface area (Å²) < 4.78 is 15.5. The van der Waals surface area contributed by atoms with Crippen LogP contribution in [-0.4, -0.2) is 13.6 Å². The van der Waals surface area contributed by atoms with Crippen LogP contribution in [0.5, 0.6) is 0 Å². The van der Waals surface area contributed by atoms with Crippen LogP contribution in [0.2, 0.25) is 0 Å². The molecule has 0 amide bonds. The monoisotopic (exact) mass is 517 g/mol. The van der Waals surface area contributed by atoms with E-state index in [4.69, 9.17) is 4.98 Å². The first-order valence-electron chi connectivity index (χ1n) is 11.9. The zero-order valence-corrected chi connectivity index (χ0v) is 20.6. The second-order valence-corrected chi connectivity index (χ2v) is 10.8. The fourth-order valence-corrected chi connectivity index (χ4v) is 7.49. The molecule has 1 atom stereocenters. The largest absolute Gasteiger partial charge is 0.268 e. The lowest BCUT2D eigenvalue weighted by atomic mass is 9.88. The smallest absolute Gasteiger partial charge is 0.264 e. The maximum absolute atomic E-state index is 14.2. The van der Waals surface area contributed by atoms with Crippen molar-refractivity contribution in [2.24, 2.45) is 0 Å². The maximum atomic E-state index is 14.2. The van der Waals surface area contributed by atoms with Crippen LogP contribution in [-0.2, 0) is 10.8 Å². The molecule has 7 aromatic rings. The molecule has 1 aliphatic rings. The molecule has 1 aliphatic heterocycles. The summed E-state index contributed by atoms with van der Waals surface area (Å²) in [5.41, 5.74) is 3.08. The van der Waals surface area contributed by atoms with E-state index in [9.17, 15) is 24.8 Å². The maximum Gasteiger partial charge on any atom is 0.264 e. The number of rotatable bonds is 0. The molecule has 1 unspecified atom stereocenters. The standard InChI is InChI=1S/C31H11N5O2S/c32-12-15-7-8-24-19(9-15)25-17(13-33)10-21-27-20(11-18(14-34)29(28(25)27)39(24)38)30-35-22-5-1-3-16-4-2-6-23(26(16)22)36(30)31(21)37/h1-11H. The van der Waals surface area contributed by atoms with Crippen molar-refractivity contribution in [3.05, 3.63) is 93.8 Å². The minimum Gasteiger partial charge on any atom is -0.268 e. The Morgan fingerprint density at radius 1 is 0.795 bits per heavy atom. The van der Waals surface area contributed by atoms with Gasteiger partial charge in [-0.1, -0.05) is 24.3 Å². The molecule has 0 aliphatic carbocycles. The van der Waals surface area contributed by atoms with Gasteiger partial charge in [0.2, 0.25) is 0 Å². The van der Waals surface area contributed by atoms with Crippen LogP contribution in [0.1, 0.15) is 16.7 Å². The lowest BCUT2D eigenvalue weighted by Gasteiger charge is -2.24. The van der Waals surface area contributed by atoms with Gasteiger partial charge in [0.1, 0.15) is 11.7 Å². The van der Waals surface area contributed by atoms with Gasteiger partial charge < -0.3 is 0 Å². The summed E-state index contributed by atoms with van der Waals surface area (Å²) in [5.74, 6) is 0. The average Bonchev–Trinajstić information content (AvgIpc) is 2.97. The highest BCUT2D eigenvalue weighted by molar-refractivity contribution is 7.85. The van der Waals surface area contributed by atoms with Crippen molar-refractivity contribution in [1.29, 1.82) is 15.8 Å². The summed E-state index contributed by atoms with van der Waals surface area (Å²) in [7, 11) is -1.78. The Kier molecular flexibility index (Phi) is 3.98. The summed E-state index contributed by atoms with van der Waals surface area (Å²) >= 11 is 0. The van der Waals surface area contributed by atoms with Gasteiger partial charge in [0.25, 0.3) is 5.56 Å². The van der Waals surface area contributed by atoms with Crippen LogP contribution in [0.15, 0.2) is 81.3 Å². The van der Waals surface area contributed by atoms with E-state index in [0.717, 1.165) is 10.8 Å². The van der Waals surface area contributed by atoms with E-state index in [2.05, 4.69) is 18.2 Å². The normalized spacial score (nSPS) is 14.0. The summed E-state index contributed by atoms with van der Waals surface area (Å²) in [6.45, 7) is 0. The minimum atomic E-state index is -1.78. The quantitative estimate of drug-likeness (QED) is 0.193. The van der Waals surface area contributed by atoms with E-state index in [0.29, 0.717) is 54.4 Å². The molecule has 0 saturated carbocycles. The van der Waals surface area contributed by atoms with Crippen LogP contribution < -0.4 is 5.56 Å². The molecule has 7 nitrogen and oxygen atoms in total. The van der Waals surface area contributed by atoms with Crippen molar-refractivity contribution in [3.8, 4) is 29.3 Å². The van der Waals surface area contributed by atoms with Crippen LogP contribution in [0, 0.1) is 34.0 Å². The van der Waals surface area contributed by atoms with Crippen LogP contribution in [0.4, 0.5) is 0 Å². The molecule has 0 radical (unpaired) electrons. The third-order valence-corrected chi connectivity index (χ3v) is 9.13. The lowest BCUT2D eigenvalue weighted by molar-refractivity contribution is 0.683. The number of nitrogens with zero attached hydrogens (tertiary/aromatic N) is 5. The Hall–Kier alpha value is -5.62. The van der Waals surface area contributed by atoms with Crippen molar-refractivity contribution < 1.29 is 4.21 Å². The molecule has 0 spiro atoms. The molecule has 0 saturated heterocycles. The number of aromatic nitrogens is 2. The molecule has 2 aromatic heterocycles. The number of benzene rings is 5. The third-order valence-electron chi connectivity index (χ3n) is 7.58. The first kappa shape index (κ1) is 21.5. The molecule has 8 rings (SSSR count). The molecule has 0 N–H and O–H groups in total. The van der Waals surface area contributed by atoms with Crippen molar-refractivity contribution >= 4 is 59.8 Å². The van der Waals surface area contributed by atoms with E-state index >= 15 is 0 Å². The number of pyridine rings is 1. The zero-order chi connectivity index (χ0) is 26.6. The van der Waals surface area contributed by atoms with E-state index < -0.39 is 10.8 Å². The summed E-state index contributed by atoms with van der Waals surface area (Å²) in [5, 5.41) is 33.5. The van der Waals surface area contributed by atoms with E-state index in [1.807, 2.05) is 36.4 Å². The van der Waals surface area contributed by atoms with Crippen molar-refractivity contribution in [3.63, 3.8) is 0 Å². The van der Waals surface area contributed by atoms with Crippen molar-refractivity contribution in [2.75, 3.05) is 0 Å². The highest BCUT2D eigenvalue weighted by Gasteiger charge is 2.32. The number of hydrogen-bond acceptors (Lipinski definition) is 6. The fraction of sp³-hybridized carbons (Fsp3) is 0. The van der Waals surface area contributed by atoms with Gasteiger partial charge in [-0.25, -0.2) is 9.19 Å². The Morgan fingerprint density at radius 3 is 2.33 bits per heavy atom. The van der Waals surface area contributed by atoms with Gasteiger partial charge in [-0.3, -0.25) is 9.20 Å². The summed E-state index contributed by atoms with van der Waals surface area (Å²) in [6, 6.07) is 25.9. The molecule has 39 heavy (non-hydrogen) atoms. The van der Waals surface area contributed by atoms with Crippen LogP contribution >= 0.6 is 0 Å². The first-order chi connectivity index (χ1) is 19.0. The molecular weight excluding hydrogens is 506 g/mol. The topological polar surface area (TPSA) is 123 Å². The second kappa shape index (κ2) is 7.24. The van der Waals surface area contributed by atoms with E-state index in [-0.39, 0.29) is 27.0 Å². The molecule has 0 fully saturated rings. The first-order valence-corrected chi connectivity index (χ1v) is 13.1. The van der Waals surface area contributed by atoms with Gasteiger partial charge in [-0.05, 0) is 47.9 Å². The molecule has 0 bridgehead atoms. The second-order valence-electron chi connectivity index (χ2n) is 9.44. The summed E-state index contributed by atoms with van der Waals surface area (Å²) in [4.78, 5) is 19.8. The third kappa shape index (κ3) is 2.50. The van der Waals surface area contributed by atoms with Crippen LogP contribution in [0.25, 0.3) is 60.1 Å². The molecular formula is C31H11N5O2S. The SMILES string of the molecule is N#Cc1ccc2c(c1)-c1c(C#N)cc3c(=O)n4c5cccc6cccc(nc4c4cc(C#N)c(c1c34)S2=O)c65. The van der Waals surface area contributed by atoms with Gasteiger partial charge in [-0.2, -0.15) is 15.8 Å². The number of fused-ring (bicyclic) bond motifs is 5. The van der Waals surface area contributed by atoms with E-state index in [1.54, 1.807) is 34.7 Å². The van der Waals surface area contributed by atoms with Crippen molar-refractivity contribution in [2.45, 2.75) is 9.79 Å². The van der Waals surface area contributed by atoms with E-state index in [1.165, 1.54) is 0 Å². The van der Waals surface area contributed by atoms with Gasteiger partial charge in [-0.15, -0.1) is 0 Å². The Labute approximate surface area is 221 Å². The lowest BCUT2D eigenvalue weighted by Crippen LogP contribution is -2.18. The number of hydrogen-bond donors (Lipinski definition) is 0. The highest BCUT2D eigenvalue weighted by atomic mass is 32.2. The predicted molar refractivity (Wildman–Crippen MR) is 147 cm³/mol. The Bertz CT molecular complexity index is 2520. The predicted octanol–water partition coefficient (Wildman–Crippen LogP) is 5.51. The Balaban J connectivity index is 1.73.